The van der Waals surface area contributed by atoms with Gasteiger partial charge in [-0.3, -0.25) is 4.79 Å². The molecule has 0 spiro atoms. The van der Waals surface area contributed by atoms with Gasteiger partial charge in [0.15, 0.2) is 0 Å². The van der Waals surface area contributed by atoms with Crippen molar-refractivity contribution < 1.29 is 22.0 Å². The van der Waals surface area contributed by atoms with Crippen molar-refractivity contribution in [3.05, 3.63) is 70.2 Å². The Balaban J connectivity index is 1.55. The van der Waals surface area contributed by atoms with E-state index in [-0.39, 0.29) is 22.1 Å². The first-order valence-electron chi connectivity index (χ1n) is 9.03. The molecule has 1 saturated heterocycles. The second-order valence-corrected chi connectivity index (χ2v) is 9.51. The molecule has 1 aliphatic heterocycles. The van der Waals surface area contributed by atoms with Crippen LogP contribution in [0.2, 0.25) is 0 Å². The molecule has 0 radical (unpaired) electrons. The number of rotatable bonds is 5. The van der Waals surface area contributed by atoms with Gasteiger partial charge in [-0.2, -0.15) is 4.31 Å². The molecule has 2 heterocycles. The lowest BCUT2D eigenvalue weighted by Crippen LogP contribution is -2.30. The molecule has 7 nitrogen and oxygen atoms in total. The molecule has 11 heteroatoms. The Morgan fingerprint density at radius 2 is 1.83 bits per heavy atom. The largest absolute Gasteiger partial charge is 0.317 e. The van der Waals surface area contributed by atoms with Crippen molar-refractivity contribution in [1.29, 1.82) is 0 Å². The summed E-state index contributed by atoms with van der Waals surface area (Å²) in [6.07, 6.45) is 1.13. The van der Waals surface area contributed by atoms with Gasteiger partial charge in [-0.25, -0.2) is 17.2 Å². The summed E-state index contributed by atoms with van der Waals surface area (Å²) in [7, 11) is -3.86. The van der Waals surface area contributed by atoms with E-state index in [1.807, 2.05) is 0 Å². The lowest BCUT2D eigenvalue weighted by Gasteiger charge is -2.22. The first kappa shape index (κ1) is 20.5. The molecule has 156 valence electrons. The van der Waals surface area contributed by atoms with Crippen molar-refractivity contribution >= 4 is 33.0 Å². The van der Waals surface area contributed by atoms with Crippen LogP contribution in [0.1, 0.15) is 33.7 Å². The molecule has 1 amide bonds. The summed E-state index contributed by atoms with van der Waals surface area (Å²) in [5.74, 6) is -1.74. The minimum atomic E-state index is -3.86. The Morgan fingerprint density at radius 3 is 2.57 bits per heavy atom. The van der Waals surface area contributed by atoms with Crippen LogP contribution in [-0.4, -0.2) is 35.4 Å². The second kappa shape index (κ2) is 8.17. The minimum absolute atomic E-state index is 0.000664. The number of sulfonamides is 1. The monoisotopic (exact) mass is 450 g/mol. The maximum absolute atomic E-state index is 13.7. The number of amides is 1. The third-order valence-corrected chi connectivity index (χ3v) is 7.61. The Labute approximate surface area is 175 Å². The van der Waals surface area contributed by atoms with Crippen molar-refractivity contribution in [3.63, 3.8) is 0 Å². The minimum Gasteiger partial charge on any atom is -0.317 e. The van der Waals surface area contributed by atoms with Gasteiger partial charge >= 0.3 is 0 Å². The highest BCUT2D eigenvalue weighted by Gasteiger charge is 2.38. The summed E-state index contributed by atoms with van der Waals surface area (Å²) in [6, 6.07) is 9.77. The SMILES string of the molecule is O=C(Nc1ccccc1F)c1nnc(C2CCCN2S(=O)(=O)c2ccc(F)cc2)s1. The van der Waals surface area contributed by atoms with Gasteiger partial charge in [-0.05, 0) is 49.2 Å². The topological polar surface area (TPSA) is 92.3 Å². The van der Waals surface area contributed by atoms with Gasteiger partial charge < -0.3 is 5.32 Å². The van der Waals surface area contributed by atoms with Crippen LogP contribution in [0, 0.1) is 11.6 Å². The van der Waals surface area contributed by atoms with Crippen molar-refractivity contribution in [1.82, 2.24) is 14.5 Å². The van der Waals surface area contributed by atoms with E-state index in [4.69, 9.17) is 0 Å². The van der Waals surface area contributed by atoms with Gasteiger partial charge in [0, 0.05) is 6.54 Å². The van der Waals surface area contributed by atoms with Crippen molar-refractivity contribution in [2.75, 3.05) is 11.9 Å². The fraction of sp³-hybridized carbons (Fsp3) is 0.211. The number of hydrogen-bond donors (Lipinski definition) is 1. The second-order valence-electron chi connectivity index (χ2n) is 6.61. The third-order valence-electron chi connectivity index (χ3n) is 4.67. The van der Waals surface area contributed by atoms with E-state index >= 15 is 0 Å². The lowest BCUT2D eigenvalue weighted by atomic mass is 10.2. The normalized spacial score (nSPS) is 17.2. The summed E-state index contributed by atoms with van der Waals surface area (Å²) < 4.78 is 54.2. The first-order chi connectivity index (χ1) is 14.4. The van der Waals surface area contributed by atoms with Crippen LogP contribution in [0.5, 0.6) is 0 Å². The van der Waals surface area contributed by atoms with Crippen molar-refractivity contribution in [2.45, 2.75) is 23.8 Å². The molecule has 4 rings (SSSR count). The highest BCUT2D eigenvalue weighted by molar-refractivity contribution is 7.89. The number of benzene rings is 2. The number of para-hydroxylation sites is 1. The van der Waals surface area contributed by atoms with Crippen LogP contribution >= 0.6 is 11.3 Å². The third kappa shape index (κ3) is 3.95. The van der Waals surface area contributed by atoms with Crippen LogP contribution in [-0.2, 0) is 10.0 Å². The predicted molar refractivity (Wildman–Crippen MR) is 107 cm³/mol. The van der Waals surface area contributed by atoms with E-state index in [9.17, 15) is 22.0 Å². The van der Waals surface area contributed by atoms with E-state index in [1.54, 1.807) is 6.07 Å². The Bertz CT molecular complexity index is 1180. The number of halogens is 2. The molecule has 1 aliphatic rings. The molecule has 30 heavy (non-hydrogen) atoms. The molecule has 2 aromatic carbocycles. The Hall–Kier alpha value is -2.76. The Kier molecular flexibility index (Phi) is 5.58. The highest BCUT2D eigenvalue weighted by Crippen LogP contribution is 2.37. The van der Waals surface area contributed by atoms with E-state index < -0.39 is 33.6 Å². The molecule has 1 fully saturated rings. The molecule has 0 bridgehead atoms. The van der Waals surface area contributed by atoms with Crippen LogP contribution in [0.4, 0.5) is 14.5 Å². The first-order valence-corrected chi connectivity index (χ1v) is 11.3. The zero-order valence-corrected chi connectivity index (χ0v) is 17.1. The fourth-order valence-corrected chi connectivity index (χ4v) is 5.83. The highest BCUT2D eigenvalue weighted by atomic mass is 32.2. The van der Waals surface area contributed by atoms with Gasteiger partial charge in [0.25, 0.3) is 5.91 Å². The van der Waals surface area contributed by atoms with Gasteiger partial charge in [-0.15, -0.1) is 10.2 Å². The summed E-state index contributed by atoms with van der Waals surface area (Å²) in [4.78, 5) is 12.4. The summed E-state index contributed by atoms with van der Waals surface area (Å²) in [5.41, 5.74) is 0.0145. The van der Waals surface area contributed by atoms with Gasteiger partial charge in [0.1, 0.15) is 16.6 Å². The fourth-order valence-electron chi connectivity index (χ4n) is 3.22. The number of nitrogens with one attached hydrogen (secondary N) is 1. The van der Waals surface area contributed by atoms with Crippen LogP contribution < -0.4 is 5.32 Å². The molecule has 3 aromatic rings. The smallest absolute Gasteiger partial charge is 0.286 e. The molecule has 1 N–H and O–H groups in total. The average molecular weight is 450 g/mol. The van der Waals surface area contributed by atoms with E-state index in [0.29, 0.717) is 17.8 Å². The van der Waals surface area contributed by atoms with Gasteiger partial charge in [-0.1, -0.05) is 23.5 Å². The number of hydrogen-bond acceptors (Lipinski definition) is 6. The summed E-state index contributed by atoms with van der Waals surface area (Å²) in [5, 5.41) is 10.7. The number of nitrogens with zero attached hydrogens (tertiary/aromatic N) is 3. The number of aromatic nitrogens is 2. The molecule has 1 aromatic heterocycles. The van der Waals surface area contributed by atoms with Crippen LogP contribution in [0.25, 0.3) is 0 Å². The summed E-state index contributed by atoms with van der Waals surface area (Å²) >= 11 is 0.958. The van der Waals surface area contributed by atoms with E-state index in [0.717, 1.165) is 23.5 Å². The van der Waals surface area contributed by atoms with E-state index in [1.165, 1.54) is 34.6 Å². The summed E-state index contributed by atoms with van der Waals surface area (Å²) in [6.45, 7) is 0.278. The number of anilines is 1. The van der Waals surface area contributed by atoms with Gasteiger partial charge in [0.2, 0.25) is 15.0 Å². The Morgan fingerprint density at radius 1 is 1.10 bits per heavy atom. The van der Waals surface area contributed by atoms with Crippen LogP contribution in [0.3, 0.4) is 0 Å². The maximum atomic E-state index is 13.7. The molecule has 0 aliphatic carbocycles. The zero-order chi connectivity index (χ0) is 21.3. The lowest BCUT2D eigenvalue weighted by molar-refractivity contribution is 0.102. The van der Waals surface area contributed by atoms with Crippen molar-refractivity contribution in [3.8, 4) is 0 Å². The zero-order valence-electron chi connectivity index (χ0n) is 15.5. The molecular weight excluding hydrogens is 434 g/mol. The maximum Gasteiger partial charge on any atom is 0.286 e. The average Bonchev–Trinajstić information content (AvgIpc) is 3.40. The predicted octanol–water partition coefficient (Wildman–Crippen LogP) is 3.59. The molecule has 1 atom stereocenters. The molecule has 1 unspecified atom stereocenters. The molecular formula is C19H16F2N4O3S2. The van der Waals surface area contributed by atoms with Gasteiger partial charge in [0.05, 0.1) is 16.6 Å². The standard InChI is InChI=1S/C19H16F2N4O3S2/c20-12-7-9-13(10-8-12)30(27,28)25-11-3-6-16(25)18-23-24-19(29-18)17(26)22-15-5-2-1-4-14(15)21/h1-2,4-5,7-10,16H,3,6,11H2,(H,22,26). The number of carbonyl (C=O) groups excluding carboxylic acids is 1. The molecule has 0 saturated carbocycles. The van der Waals surface area contributed by atoms with Crippen LogP contribution in [0.15, 0.2) is 53.4 Å². The van der Waals surface area contributed by atoms with E-state index in [2.05, 4.69) is 15.5 Å². The number of carbonyl (C=O) groups is 1. The quantitative estimate of drug-likeness (QED) is 0.641. The van der Waals surface area contributed by atoms with Crippen molar-refractivity contribution in [2.24, 2.45) is 0 Å².